The summed E-state index contributed by atoms with van der Waals surface area (Å²) >= 11 is 11.7. The van der Waals surface area contributed by atoms with Crippen molar-refractivity contribution in [1.29, 1.82) is 0 Å². The molecule has 37 heavy (non-hydrogen) atoms. The van der Waals surface area contributed by atoms with Crippen LogP contribution >= 0.6 is 23.2 Å². The predicted octanol–water partition coefficient (Wildman–Crippen LogP) is 4.29. The first-order valence-corrected chi connectivity index (χ1v) is 12.5. The molecule has 0 heterocycles. The van der Waals surface area contributed by atoms with Gasteiger partial charge in [0.1, 0.15) is 5.75 Å². The Morgan fingerprint density at radius 1 is 1.00 bits per heavy atom. The fourth-order valence-corrected chi connectivity index (χ4v) is 4.38. The van der Waals surface area contributed by atoms with Gasteiger partial charge in [-0.2, -0.15) is 0 Å². The number of hydrogen-bond acceptors (Lipinski definition) is 8. The average Bonchev–Trinajstić information content (AvgIpc) is 2.87. The number of non-ortho nitro benzene ring substituents is 1. The minimum atomic E-state index is -3.81. The number of ether oxygens (including phenoxy) is 2. The van der Waals surface area contributed by atoms with E-state index in [4.69, 9.17) is 32.7 Å². The molecule has 14 heteroatoms. The van der Waals surface area contributed by atoms with Gasteiger partial charge in [0.15, 0.2) is 13.2 Å². The van der Waals surface area contributed by atoms with Crippen LogP contribution in [0.25, 0.3) is 0 Å². The van der Waals surface area contributed by atoms with Gasteiger partial charge < -0.3 is 14.8 Å². The molecule has 0 saturated heterocycles. The summed E-state index contributed by atoms with van der Waals surface area (Å²) in [6.07, 6.45) is 0. The first kappa shape index (κ1) is 27.7. The number of benzene rings is 3. The first-order valence-electron chi connectivity index (χ1n) is 10.3. The van der Waals surface area contributed by atoms with E-state index in [9.17, 15) is 28.1 Å². The molecule has 0 aliphatic carbocycles. The summed E-state index contributed by atoms with van der Waals surface area (Å²) in [6.45, 7) is -1.20. The average molecular weight is 568 g/mol. The van der Waals surface area contributed by atoms with Crippen LogP contribution in [-0.4, -0.2) is 45.5 Å². The molecular weight excluding hydrogens is 549 g/mol. The number of carbonyl (C=O) groups excluding carboxylic acids is 2. The molecule has 0 aromatic heterocycles. The fraction of sp³-hybridized carbons (Fsp3) is 0.130. The summed E-state index contributed by atoms with van der Waals surface area (Å²) in [7, 11) is -2.42. The maximum absolute atomic E-state index is 12.8. The van der Waals surface area contributed by atoms with Crippen molar-refractivity contribution in [3.05, 3.63) is 86.9 Å². The zero-order valence-electron chi connectivity index (χ0n) is 19.1. The first-order chi connectivity index (χ1) is 17.5. The molecule has 0 unspecified atom stereocenters. The van der Waals surface area contributed by atoms with Crippen molar-refractivity contribution in [1.82, 2.24) is 0 Å². The third-order valence-electron chi connectivity index (χ3n) is 4.83. The molecule has 3 rings (SSSR count). The Balaban J connectivity index is 1.50. The Kier molecular flexibility index (Phi) is 8.92. The van der Waals surface area contributed by atoms with Gasteiger partial charge in [-0.3, -0.25) is 19.2 Å². The lowest BCUT2D eigenvalue weighted by atomic mass is 10.3. The predicted molar refractivity (Wildman–Crippen MR) is 137 cm³/mol. The number of esters is 1. The molecular formula is C23H19Cl2N3O8S. The number of nitrogens with one attached hydrogen (secondary N) is 1. The highest BCUT2D eigenvalue weighted by Crippen LogP contribution is 2.27. The van der Waals surface area contributed by atoms with E-state index in [2.05, 4.69) is 5.32 Å². The van der Waals surface area contributed by atoms with Crippen molar-refractivity contribution in [3.63, 3.8) is 0 Å². The number of sulfonamides is 1. The van der Waals surface area contributed by atoms with E-state index in [0.29, 0.717) is 10.7 Å². The van der Waals surface area contributed by atoms with Gasteiger partial charge in [-0.25, -0.2) is 13.2 Å². The van der Waals surface area contributed by atoms with Gasteiger partial charge >= 0.3 is 5.97 Å². The summed E-state index contributed by atoms with van der Waals surface area (Å²) in [5.74, 6) is -1.36. The molecule has 0 aliphatic heterocycles. The molecule has 194 valence electrons. The van der Waals surface area contributed by atoms with E-state index in [-0.39, 0.29) is 27.0 Å². The third kappa shape index (κ3) is 7.32. The number of anilines is 2. The zero-order chi connectivity index (χ0) is 27.2. The zero-order valence-corrected chi connectivity index (χ0v) is 21.4. The van der Waals surface area contributed by atoms with Crippen LogP contribution in [-0.2, 0) is 24.3 Å². The Hall–Kier alpha value is -3.87. The third-order valence-corrected chi connectivity index (χ3v) is 7.21. The van der Waals surface area contributed by atoms with Crippen molar-refractivity contribution >= 4 is 62.2 Å². The standard InChI is InChI=1S/C23H19Cl2N3O8S/c1-27(37(33,34)19-9-2-15(24)3-10-19)16-4-7-18(8-5-16)35-14-23(30)36-13-22(29)26-21-12-17(28(31)32)6-11-20(21)25/h2-12H,13-14H2,1H3,(H,26,29). The summed E-state index contributed by atoms with van der Waals surface area (Å²) in [5, 5.41) is 13.7. The Bertz CT molecular complexity index is 1410. The van der Waals surface area contributed by atoms with Crippen molar-refractivity contribution in [2.45, 2.75) is 4.90 Å². The number of hydrogen-bond donors (Lipinski definition) is 1. The molecule has 3 aromatic rings. The Labute approximate surface area is 221 Å². The Morgan fingerprint density at radius 3 is 2.27 bits per heavy atom. The maximum Gasteiger partial charge on any atom is 0.344 e. The molecule has 0 bridgehead atoms. The normalized spacial score (nSPS) is 10.9. The number of nitro groups is 1. The van der Waals surface area contributed by atoms with Gasteiger partial charge in [0.05, 0.1) is 26.2 Å². The molecule has 11 nitrogen and oxygen atoms in total. The van der Waals surface area contributed by atoms with Crippen LogP contribution in [0.3, 0.4) is 0 Å². The van der Waals surface area contributed by atoms with Crippen LogP contribution in [0.4, 0.5) is 17.1 Å². The largest absolute Gasteiger partial charge is 0.482 e. The lowest BCUT2D eigenvalue weighted by Crippen LogP contribution is -2.26. The summed E-state index contributed by atoms with van der Waals surface area (Å²) in [6, 6.07) is 15.2. The number of carbonyl (C=O) groups is 2. The van der Waals surface area contributed by atoms with Crippen LogP contribution in [0, 0.1) is 10.1 Å². The van der Waals surface area contributed by atoms with Crippen LogP contribution in [0.2, 0.25) is 10.0 Å². The number of rotatable bonds is 10. The number of halogens is 2. The fourth-order valence-electron chi connectivity index (χ4n) is 2.89. The second-order valence-electron chi connectivity index (χ2n) is 7.34. The van der Waals surface area contributed by atoms with Gasteiger partial charge in [-0.05, 0) is 54.6 Å². The number of nitro benzene ring substituents is 1. The molecule has 0 saturated carbocycles. The molecule has 0 aliphatic rings. The van der Waals surface area contributed by atoms with Gasteiger partial charge in [-0.1, -0.05) is 23.2 Å². The van der Waals surface area contributed by atoms with Gasteiger partial charge in [0.25, 0.3) is 21.6 Å². The minimum absolute atomic E-state index is 0.00343. The molecule has 0 spiro atoms. The van der Waals surface area contributed by atoms with Crippen LogP contribution < -0.4 is 14.4 Å². The van der Waals surface area contributed by atoms with Crippen molar-refractivity contribution in [3.8, 4) is 5.75 Å². The summed E-state index contributed by atoms with van der Waals surface area (Å²) in [4.78, 5) is 34.2. The molecule has 3 aromatic carbocycles. The molecule has 1 amide bonds. The minimum Gasteiger partial charge on any atom is -0.482 e. The number of amides is 1. The second-order valence-corrected chi connectivity index (χ2v) is 10.2. The van der Waals surface area contributed by atoms with Gasteiger partial charge in [0.2, 0.25) is 0 Å². The smallest absolute Gasteiger partial charge is 0.344 e. The van der Waals surface area contributed by atoms with Crippen molar-refractivity contribution in [2.75, 3.05) is 29.9 Å². The monoisotopic (exact) mass is 567 g/mol. The second kappa shape index (κ2) is 11.9. The van der Waals surface area contributed by atoms with Crippen LogP contribution in [0.1, 0.15) is 0 Å². The maximum atomic E-state index is 12.8. The van der Waals surface area contributed by atoms with Crippen molar-refractivity contribution < 1.29 is 32.4 Å². The van der Waals surface area contributed by atoms with Crippen LogP contribution in [0.15, 0.2) is 71.6 Å². The summed E-state index contributed by atoms with van der Waals surface area (Å²) < 4.78 is 36.8. The van der Waals surface area contributed by atoms with E-state index in [1.54, 1.807) is 0 Å². The van der Waals surface area contributed by atoms with E-state index in [0.717, 1.165) is 10.4 Å². The van der Waals surface area contributed by atoms with E-state index >= 15 is 0 Å². The van der Waals surface area contributed by atoms with Crippen LogP contribution in [0.5, 0.6) is 5.75 Å². The van der Waals surface area contributed by atoms with Crippen molar-refractivity contribution in [2.24, 2.45) is 0 Å². The molecule has 0 fully saturated rings. The molecule has 1 N–H and O–H groups in total. The summed E-state index contributed by atoms with van der Waals surface area (Å²) in [5.41, 5.74) is 0.0718. The SMILES string of the molecule is CN(c1ccc(OCC(=O)OCC(=O)Nc2cc([N+](=O)[O-])ccc2Cl)cc1)S(=O)(=O)c1ccc(Cl)cc1. The Morgan fingerprint density at radius 2 is 1.65 bits per heavy atom. The highest BCUT2D eigenvalue weighted by atomic mass is 35.5. The molecule has 0 atom stereocenters. The topological polar surface area (TPSA) is 145 Å². The lowest BCUT2D eigenvalue weighted by Gasteiger charge is -2.20. The molecule has 0 radical (unpaired) electrons. The highest BCUT2D eigenvalue weighted by Gasteiger charge is 2.21. The van der Waals surface area contributed by atoms with E-state index in [1.807, 2.05) is 0 Å². The number of nitrogens with zero attached hydrogens (tertiary/aromatic N) is 2. The van der Waals surface area contributed by atoms with Gasteiger partial charge in [0, 0.05) is 24.2 Å². The quantitative estimate of drug-likeness (QED) is 0.217. The highest BCUT2D eigenvalue weighted by molar-refractivity contribution is 7.92. The lowest BCUT2D eigenvalue weighted by molar-refractivity contribution is -0.384. The van der Waals surface area contributed by atoms with E-state index in [1.165, 1.54) is 67.7 Å². The van der Waals surface area contributed by atoms with E-state index < -0.39 is 40.0 Å². The van der Waals surface area contributed by atoms with Gasteiger partial charge in [-0.15, -0.1) is 0 Å².